The minimum atomic E-state index is 0.142. The van der Waals surface area contributed by atoms with Crippen LogP contribution >= 0.6 is 0 Å². The molecule has 0 spiro atoms. The minimum Gasteiger partial charge on any atom is -0.497 e. The zero-order chi connectivity index (χ0) is 15.5. The highest BCUT2D eigenvalue weighted by molar-refractivity contribution is 5.86. The van der Waals surface area contributed by atoms with Gasteiger partial charge in [-0.3, -0.25) is 0 Å². The molecule has 1 atom stereocenters. The van der Waals surface area contributed by atoms with Crippen LogP contribution < -0.4 is 10.1 Å². The zero-order valence-electron chi connectivity index (χ0n) is 13.0. The molecule has 0 fully saturated rings. The fourth-order valence-corrected chi connectivity index (χ4v) is 2.60. The summed E-state index contributed by atoms with van der Waals surface area (Å²) in [6, 6.07) is 10.3. The molecule has 2 N–H and O–H groups in total. The molecule has 1 aromatic carbocycles. The van der Waals surface area contributed by atoms with Crippen LogP contribution in [0.25, 0.3) is 11.0 Å². The van der Waals surface area contributed by atoms with Crippen molar-refractivity contribution in [3.8, 4) is 5.75 Å². The van der Waals surface area contributed by atoms with Gasteiger partial charge in [0.15, 0.2) is 0 Å². The van der Waals surface area contributed by atoms with Gasteiger partial charge in [0.2, 0.25) is 0 Å². The third kappa shape index (κ3) is 2.74. The predicted molar refractivity (Wildman–Crippen MR) is 88.1 cm³/mol. The summed E-state index contributed by atoms with van der Waals surface area (Å²) in [5.74, 6) is 2.10. The van der Waals surface area contributed by atoms with Crippen LogP contribution in [-0.2, 0) is 0 Å². The second-order valence-electron chi connectivity index (χ2n) is 5.60. The first kappa shape index (κ1) is 14.4. The van der Waals surface area contributed by atoms with Crippen LogP contribution in [0.2, 0.25) is 0 Å². The van der Waals surface area contributed by atoms with E-state index in [9.17, 15) is 0 Å². The molecule has 3 aromatic rings. The molecule has 0 aliphatic heterocycles. The quantitative estimate of drug-likeness (QED) is 0.752. The number of nitrogens with one attached hydrogen (secondary N) is 2. The Morgan fingerprint density at radius 2 is 2.05 bits per heavy atom. The molecule has 0 aliphatic rings. The lowest BCUT2D eigenvalue weighted by Gasteiger charge is -2.24. The topological polar surface area (TPSA) is 62.8 Å². The summed E-state index contributed by atoms with van der Waals surface area (Å²) in [6.45, 7) is 4.37. The normalized spacial score (nSPS) is 12.5. The fraction of sp³-hybridized carbons (Fsp3) is 0.294. The second-order valence-corrected chi connectivity index (χ2v) is 5.60. The van der Waals surface area contributed by atoms with Gasteiger partial charge in [0.25, 0.3) is 0 Å². The summed E-state index contributed by atoms with van der Waals surface area (Å²) in [7, 11) is 1.69. The van der Waals surface area contributed by atoms with E-state index in [0.717, 1.165) is 22.6 Å². The van der Waals surface area contributed by atoms with E-state index in [4.69, 9.17) is 4.74 Å². The third-order valence-electron chi connectivity index (χ3n) is 3.77. The van der Waals surface area contributed by atoms with Gasteiger partial charge in [-0.05, 0) is 29.7 Å². The van der Waals surface area contributed by atoms with Crippen molar-refractivity contribution in [2.24, 2.45) is 5.92 Å². The summed E-state index contributed by atoms with van der Waals surface area (Å²) in [5.41, 5.74) is 2.02. The highest BCUT2D eigenvalue weighted by atomic mass is 16.5. The van der Waals surface area contributed by atoms with Gasteiger partial charge in [0.1, 0.15) is 23.5 Å². The molecule has 0 saturated heterocycles. The number of hydrogen-bond donors (Lipinski definition) is 2. The number of fused-ring (bicyclic) bond motifs is 1. The summed E-state index contributed by atoms with van der Waals surface area (Å²) in [4.78, 5) is 11.7. The number of H-pyrrole nitrogens is 1. The first-order chi connectivity index (χ1) is 10.7. The fourth-order valence-electron chi connectivity index (χ4n) is 2.60. The monoisotopic (exact) mass is 296 g/mol. The lowest BCUT2D eigenvalue weighted by molar-refractivity contribution is 0.413. The average molecular weight is 296 g/mol. The van der Waals surface area contributed by atoms with Crippen LogP contribution in [0.3, 0.4) is 0 Å². The molecule has 0 amide bonds. The van der Waals surface area contributed by atoms with Gasteiger partial charge in [0, 0.05) is 6.20 Å². The van der Waals surface area contributed by atoms with E-state index in [2.05, 4.69) is 46.2 Å². The number of methoxy groups -OCH3 is 1. The standard InChI is InChI=1S/C17H20N4O/c1-11(2)15(12-5-4-6-13(9-12)22-3)21-17-14-7-8-18-16(14)19-10-20-17/h4-11,15H,1-3H3,(H2,18,19,20,21)/t15-/m0/s1. The Balaban J connectivity index is 1.96. The van der Waals surface area contributed by atoms with Gasteiger partial charge in [-0.15, -0.1) is 0 Å². The van der Waals surface area contributed by atoms with Crippen molar-refractivity contribution < 1.29 is 4.74 Å². The SMILES string of the molecule is COc1cccc([C@@H](Nc2ncnc3[nH]ccc23)C(C)C)c1. The Kier molecular flexibility index (Phi) is 3.96. The van der Waals surface area contributed by atoms with Crippen molar-refractivity contribution in [2.75, 3.05) is 12.4 Å². The van der Waals surface area contributed by atoms with Gasteiger partial charge in [-0.25, -0.2) is 9.97 Å². The summed E-state index contributed by atoms with van der Waals surface area (Å²) in [5, 5.41) is 4.54. The van der Waals surface area contributed by atoms with E-state index in [1.165, 1.54) is 5.56 Å². The van der Waals surface area contributed by atoms with Gasteiger partial charge in [0.05, 0.1) is 18.5 Å². The van der Waals surface area contributed by atoms with Crippen LogP contribution in [0.4, 0.5) is 5.82 Å². The highest BCUT2D eigenvalue weighted by Gasteiger charge is 2.18. The van der Waals surface area contributed by atoms with Gasteiger partial charge >= 0.3 is 0 Å². The van der Waals surface area contributed by atoms with E-state index >= 15 is 0 Å². The van der Waals surface area contributed by atoms with Crippen LogP contribution in [0.5, 0.6) is 5.75 Å². The molecule has 0 aliphatic carbocycles. The minimum absolute atomic E-state index is 0.142. The van der Waals surface area contributed by atoms with Gasteiger partial charge < -0.3 is 15.0 Å². The molecular formula is C17H20N4O. The lowest BCUT2D eigenvalue weighted by Crippen LogP contribution is -2.17. The lowest BCUT2D eigenvalue weighted by atomic mass is 9.95. The van der Waals surface area contributed by atoms with E-state index in [1.807, 2.05) is 24.4 Å². The maximum absolute atomic E-state index is 5.33. The van der Waals surface area contributed by atoms with Gasteiger partial charge in [-0.2, -0.15) is 0 Å². The summed E-state index contributed by atoms with van der Waals surface area (Å²) >= 11 is 0. The first-order valence-electron chi connectivity index (χ1n) is 7.37. The number of aromatic nitrogens is 3. The molecule has 3 rings (SSSR count). The van der Waals surface area contributed by atoms with E-state index in [0.29, 0.717) is 5.92 Å². The number of hydrogen-bond acceptors (Lipinski definition) is 4. The molecular weight excluding hydrogens is 276 g/mol. The predicted octanol–water partition coefficient (Wildman–Crippen LogP) is 3.78. The number of rotatable bonds is 5. The number of ether oxygens (including phenoxy) is 1. The van der Waals surface area contributed by atoms with Crippen LogP contribution in [-0.4, -0.2) is 22.1 Å². The number of nitrogens with zero attached hydrogens (tertiary/aromatic N) is 2. The Morgan fingerprint density at radius 1 is 1.18 bits per heavy atom. The molecule has 5 heteroatoms. The maximum Gasteiger partial charge on any atom is 0.142 e. The number of benzene rings is 1. The largest absolute Gasteiger partial charge is 0.497 e. The molecule has 0 saturated carbocycles. The first-order valence-corrected chi connectivity index (χ1v) is 7.37. The van der Waals surface area contributed by atoms with Crippen molar-refractivity contribution >= 4 is 16.9 Å². The molecule has 2 aromatic heterocycles. The smallest absolute Gasteiger partial charge is 0.142 e. The second kappa shape index (κ2) is 6.05. The van der Waals surface area contributed by atoms with Gasteiger partial charge in [-0.1, -0.05) is 26.0 Å². The average Bonchev–Trinajstić information content (AvgIpc) is 3.01. The Bertz CT molecular complexity index is 766. The molecule has 2 heterocycles. The van der Waals surface area contributed by atoms with E-state index in [1.54, 1.807) is 13.4 Å². The van der Waals surface area contributed by atoms with Crippen molar-refractivity contribution in [3.05, 3.63) is 48.4 Å². The van der Waals surface area contributed by atoms with Crippen LogP contribution in [0.1, 0.15) is 25.5 Å². The highest BCUT2D eigenvalue weighted by Crippen LogP contribution is 2.30. The molecule has 0 unspecified atom stereocenters. The van der Waals surface area contributed by atoms with Crippen molar-refractivity contribution in [1.29, 1.82) is 0 Å². The number of anilines is 1. The molecule has 5 nitrogen and oxygen atoms in total. The van der Waals surface area contributed by atoms with Crippen LogP contribution in [0, 0.1) is 5.92 Å². The van der Waals surface area contributed by atoms with Crippen molar-refractivity contribution in [3.63, 3.8) is 0 Å². The zero-order valence-corrected chi connectivity index (χ0v) is 13.0. The Hall–Kier alpha value is -2.56. The third-order valence-corrected chi connectivity index (χ3v) is 3.77. The van der Waals surface area contributed by atoms with Crippen molar-refractivity contribution in [1.82, 2.24) is 15.0 Å². The molecule has 0 radical (unpaired) electrons. The Labute approximate surface area is 129 Å². The summed E-state index contributed by atoms with van der Waals surface area (Å²) in [6.07, 6.45) is 3.45. The van der Waals surface area contributed by atoms with E-state index < -0.39 is 0 Å². The maximum atomic E-state index is 5.33. The van der Waals surface area contributed by atoms with Crippen LogP contribution in [0.15, 0.2) is 42.9 Å². The molecule has 0 bridgehead atoms. The Morgan fingerprint density at radius 3 is 2.82 bits per heavy atom. The van der Waals surface area contributed by atoms with E-state index in [-0.39, 0.29) is 6.04 Å². The van der Waals surface area contributed by atoms with Crippen molar-refractivity contribution in [2.45, 2.75) is 19.9 Å². The number of aromatic amines is 1. The summed E-state index contributed by atoms with van der Waals surface area (Å²) < 4.78 is 5.33. The molecule has 114 valence electrons. The molecule has 22 heavy (non-hydrogen) atoms.